The van der Waals surface area contributed by atoms with E-state index in [1.54, 1.807) is 54.6 Å². The first-order valence-electron chi connectivity index (χ1n) is 8.12. The van der Waals surface area contributed by atoms with Crippen molar-refractivity contribution in [3.8, 4) is 0 Å². The van der Waals surface area contributed by atoms with Gasteiger partial charge in [0, 0.05) is 22.0 Å². The van der Waals surface area contributed by atoms with Crippen molar-refractivity contribution in [2.24, 2.45) is 0 Å². The van der Waals surface area contributed by atoms with Gasteiger partial charge in [0.25, 0.3) is 0 Å². The summed E-state index contributed by atoms with van der Waals surface area (Å²) in [7, 11) is 0. The SMILES string of the molecule is O=[N+]([O-])C[C@@](CCc1ccccc1)(c1c[nH]c2ccccc12)C(F)(F)F. The van der Waals surface area contributed by atoms with E-state index in [2.05, 4.69) is 4.98 Å². The number of benzene rings is 2. The van der Waals surface area contributed by atoms with Crippen molar-refractivity contribution in [2.45, 2.75) is 24.4 Å². The van der Waals surface area contributed by atoms with Crippen molar-refractivity contribution in [1.82, 2.24) is 4.98 Å². The van der Waals surface area contributed by atoms with E-state index in [4.69, 9.17) is 0 Å². The van der Waals surface area contributed by atoms with E-state index < -0.39 is 29.5 Å². The fraction of sp³-hybridized carbons (Fsp3) is 0.263. The van der Waals surface area contributed by atoms with Crippen LogP contribution in [0.5, 0.6) is 0 Å². The van der Waals surface area contributed by atoms with E-state index in [9.17, 15) is 23.3 Å². The van der Waals surface area contributed by atoms with Crippen LogP contribution in [-0.4, -0.2) is 22.6 Å². The van der Waals surface area contributed by atoms with Gasteiger partial charge in [0.2, 0.25) is 6.54 Å². The number of para-hydroxylation sites is 1. The van der Waals surface area contributed by atoms with Crippen molar-refractivity contribution < 1.29 is 18.1 Å². The Bertz CT molecular complexity index is 906. The highest BCUT2D eigenvalue weighted by Gasteiger charge is 2.60. The molecule has 3 rings (SSSR count). The molecule has 0 saturated heterocycles. The first kappa shape index (κ1) is 18.0. The Morgan fingerprint density at radius 1 is 1.00 bits per heavy atom. The maximum atomic E-state index is 14.2. The molecule has 26 heavy (non-hydrogen) atoms. The minimum absolute atomic E-state index is 0.0757. The molecule has 1 heterocycles. The normalized spacial score (nSPS) is 14.3. The molecule has 0 radical (unpaired) electrons. The van der Waals surface area contributed by atoms with E-state index in [-0.39, 0.29) is 12.0 Å². The fourth-order valence-electron chi connectivity index (χ4n) is 3.37. The maximum absolute atomic E-state index is 14.2. The molecular formula is C19H17F3N2O2. The molecule has 1 aromatic heterocycles. The Labute approximate surface area is 147 Å². The number of nitrogens with zero attached hydrogens (tertiary/aromatic N) is 1. The molecule has 7 heteroatoms. The number of aromatic amines is 1. The third-order valence-corrected chi connectivity index (χ3v) is 4.73. The quantitative estimate of drug-likeness (QED) is 0.502. The molecule has 0 aliphatic carbocycles. The average molecular weight is 362 g/mol. The lowest BCUT2D eigenvalue weighted by Gasteiger charge is -2.32. The molecule has 4 nitrogen and oxygen atoms in total. The van der Waals surface area contributed by atoms with Crippen LogP contribution in [0.1, 0.15) is 17.5 Å². The average Bonchev–Trinajstić information content (AvgIpc) is 3.02. The van der Waals surface area contributed by atoms with Crippen molar-refractivity contribution in [3.05, 3.63) is 82.0 Å². The number of nitrogens with one attached hydrogen (secondary N) is 1. The Kier molecular flexibility index (Phi) is 4.71. The van der Waals surface area contributed by atoms with Gasteiger partial charge in [-0.2, -0.15) is 13.2 Å². The summed E-state index contributed by atoms with van der Waals surface area (Å²) in [5, 5.41) is 11.6. The molecule has 0 amide bonds. The lowest BCUT2D eigenvalue weighted by molar-refractivity contribution is -0.502. The summed E-state index contributed by atoms with van der Waals surface area (Å²) in [4.78, 5) is 13.1. The number of H-pyrrole nitrogens is 1. The van der Waals surface area contributed by atoms with Gasteiger partial charge in [0.05, 0.1) is 0 Å². The molecule has 0 aliphatic heterocycles. The number of halogens is 3. The van der Waals surface area contributed by atoms with Gasteiger partial charge in [-0.15, -0.1) is 0 Å². The molecule has 0 saturated carbocycles. The van der Waals surface area contributed by atoms with E-state index in [0.717, 1.165) is 0 Å². The second-order valence-electron chi connectivity index (χ2n) is 6.30. The number of aryl methyl sites for hydroxylation is 1. The summed E-state index contributed by atoms with van der Waals surface area (Å²) in [5.41, 5.74) is -1.40. The van der Waals surface area contributed by atoms with E-state index in [0.29, 0.717) is 16.5 Å². The zero-order valence-electron chi connectivity index (χ0n) is 13.8. The van der Waals surface area contributed by atoms with Crippen molar-refractivity contribution in [3.63, 3.8) is 0 Å². The highest BCUT2D eigenvalue weighted by atomic mass is 19.4. The smallest absolute Gasteiger partial charge is 0.361 e. The monoisotopic (exact) mass is 362 g/mol. The van der Waals surface area contributed by atoms with Crippen LogP contribution in [0.2, 0.25) is 0 Å². The molecule has 0 aliphatic rings. The number of hydrogen-bond donors (Lipinski definition) is 1. The minimum Gasteiger partial charge on any atom is -0.361 e. The van der Waals surface area contributed by atoms with Gasteiger partial charge in [0.15, 0.2) is 5.41 Å². The van der Waals surface area contributed by atoms with Crippen molar-refractivity contribution in [2.75, 3.05) is 6.54 Å². The largest absolute Gasteiger partial charge is 0.404 e. The van der Waals surface area contributed by atoms with Crippen LogP contribution in [0.25, 0.3) is 10.9 Å². The second-order valence-corrected chi connectivity index (χ2v) is 6.30. The lowest BCUT2D eigenvalue weighted by Crippen LogP contribution is -2.48. The summed E-state index contributed by atoms with van der Waals surface area (Å²) in [6, 6.07) is 15.3. The van der Waals surface area contributed by atoms with Crippen LogP contribution in [0.4, 0.5) is 13.2 Å². The van der Waals surface area contributed by atoms with Crippen LogP contribution < -0.4 is 0 Å². The summed E-state index contributed by atoms with van der Waals surface area (Å²) in [5.74, 6) is 0. The Morgan fingerprint density at radius 2 is 1.65 bits per heavy atom. The second kappa shape index (κ2) is 6.82. The zero-order chi connectivity index (χ0) is 18.8. The number of rotatable bonds is 6. The summed E-state index contributed by atoms with van der Waals surface area (Å²) >= 11 is 0. The molecule has 1 atom stereocenters. The molecule has 1 N–H and O–H groups in total. The molecule has 136 valence electrons. The van der Waals surface area contributed by atoms with Gasteiger partial charge in [0.1, 0.15) is 0 Å². The Hall–Kier alpha value is -2.83. The number of alkyl halides is 3. The highest BCUT2D eigenvalue weighted by molar-refractivity contribution is 5.84. The van der Waals surface area contributed by atoms with E-state index >= 15 is 0 Å². The third-order valence-electron chi connectivity index (χ3n) is 4.73. The molecule has 3 aromatic rings. The first-order valence-corrected chi connectivity index (χ1v) is 8.12. The Balaban J connectivity index is 2.12. The predicted molar refractivity (Wildman–Crippen MR) is 92.7 cm³/mol. The third kappa shape index (κ3) is 3.29. The first-order chi connectivity index (χ1) is 12.3. The zero-order valence-corrected chi connectivity index (χ0v) is 13.8. The van der Waals surface area contributed by atoms with Crippen molar-refractivity contribution >= 4 is 10.9 Å². The van der Waals surface area contributed by atoms with Crippen LogP contribution in [0, 0.1) is 10.1 Å². The highest BCUT2D eigenvalue weighted by Crippen LogP contribution is 2.47. The summed E-state index contributed by atoms with van der Waals surface area (Å²) in [6.45, 7) is -1.20. The predicted octanol–water partition coefficient (Wildman–Crippen LogP) is 4.88. The molecule has 2 aromatic carbocycles. The van der Waals surface area contributed by atoms with Gasteiger partial charge < -0.3 is 4.98 Å². The van der Waals surface area contributed by atoms with Crippen LogP contribution in [0.3, 0.4) is 0 Å². The fourth-order valence-corrected chi connectivity index (χ4v) is 3.37. The lowest BCUT2D eigenvalue weighted by atomic mass is 9.75. The van der Waals surface area contributed by atoms with Gasteiger partial charge in [-0.25, -0.2) is 0 Å². The number of aromatic nitrogens is 1. The van der Waals surface area contributed by atoms with Gasteiger partial charge >= 0.3 is 6.18 Å². The van der Waals surface area contributed by atoms with Gasteiger partial charge in [-0.05, 0) is 30.0 Å². The van der Waals surface area contributed by atoms with E-state index in [1.807, 2.05) is 0 Å². The number of fused-ring (bicyclic) bond motifs is 1. The van der Waals surface area contributed by atoms with Gasteiger partial charge in [-0.3, -0.25) is 10.1 Å². The van der Waals surface area contributed by atoms with Crippen LogP contribution >= 0.6 is 0 Å². The van der Waals surface area contributed by atoms with Crippen molar-refractivity contribution in [1.29, 1.82) is 0 Å². The molecule has 0 bridgehead atoms. The van der Waals surface area contributed by atoms with Crippen LogP contribution in [0.15, 0.2) is 60.8 Å². The topological polar surface area (TPSA) is 58.9 Å². The minimum atomic E-state index is -4.76. The Morgan fingerprint density at radius 3 is 2.31 bits per heavy atom. The molecule has 0 spiro atoms. The van der Waals surface area contributed by atoms with E-state index in [1.165, 1.54) is 6.20 Å². The number of hydrogen-bond acceptors (Lipinski definition) is 2. The summed E-state index contributed by atoms with van der Waals surface area (Å²) < 4.78 is 42.6. The molecular weight excluding hydrogens is 345 g/mol. The van der Waals surface area contributed by atoms with Gasteiger partial charge in [-0.1, -0.05) is 48.5 Å². The maximum Gasteiger partial charge on any atom is 0.404 e. The summed E-state index contributed by atoms with van der Waals surface area (Å²) in [6.07, 6.45) is -3.82. The number of nitro groups is 1. The molecule has 0 unspecified atom stereocenters. The standard InChI is InChI=1S/C19H17F3N2O2/c20-19(21,22)18(13-24(25)26,11-10-14-6-2-1-3-7-14)16-12-23-17-9-5-4-8-15(16)17/h1-9,12,23H,10-11,13H2/t18-/m0/s1. The van der Waals surface area contributed by atoms with Crippen LogP contribution in [-0.2, 0) is 11.8 Å². The molecule has 0 fully saturated rings.